The number of amides is 1. The average molecular weight is 332 g/mol. The minimum absolute atomic E-state index is 0.0454. The molecule has 3 rings (SSSR count). The van der Waals surface area contributed by atoms with Crippen molar-refractivity contribution in [2.75, 3.05) is 37.6 Å². The monoisotopic (exact) mass is 332 g/mol. The highest BCUT2D eigenvalue weighted by atomic mass is 19.1. The Hall–Kier alpha value is -2.34. The van der Waals surface area contributed by atoms with E-state index in [9.17, 15) is 9.18 Å². The van der Waals surface area contributed by atoms with E-state index in [1.165, 1.54) is 17.9 Å². The smallest absolute Gasteiger partial charge is 0.217 e. The molecule has 2 N–H and O–H groups in total. The second kappa shape index (κ2) is 7.49. The number of piperazine rings is 1. The van der Waals surface area contributed by atoms with E-state index in [2.05, 4.69) is 10.2 Å². The van der Waals surface area contributed by atoms with Crippen molar-refractivity contribution in [2.45, 2.75) is 13.0 Å². The molecule has 0 radical (unpaired) electrons. The average Bonchev–Trinajstić information content (AvgIpc) is 3.10. The van der Waals surface area contributed by atoms with Gasteiger partial charge in [-0.3, -0.25) is 4.79 Å². The summed E-state index contributed by atoms with van der Waals surface area (Å²) >= 11 is 0. The lowest BCUT2D eigenvalue weighted by molar-refractivity contribution is -0.932. The zero-order valence-corrected chi connectivity index (χ0v) is 13.8. The molecule has 2 aromatic rings. The number of carbonyl (C=O) groups is 1. The Morgan fingerprint density at radius 2 is 2.04 bits per heavy atom. The van der Waals surface area contributed by atoms with Gasteiger partial charge in [0.05, 0.1) is 44.7 Å². The lowest BCUT2D eigenvalue weighted by Gasteiger charge is -2.37. The van der Waals surface area contributed by atoms with Crippen LogP contribution in [0.5, 0.6) is 0 Å². The van der Waals surface area contributed by atoms with Crippen molar-refractivity contribution in [1.29, 1.82) is 0 Å². The molecule has 2 heterocycles. The summed E-state index contributed by atoms with van der Waals surface area (Å²) in [6.07, 6.45) is 1.66. The number of hydrogen-bond acceptors (Lipinski definition) is 3. The van der Waals surface area contributed by atoms with Gasteiger partial charge in [-0.2, -0.15) is 0 Å². The molecule has 1 aliphatic rings. The van der Waals surface area contributed by atoms with Crippen molar-refractivity contribution in [3.05, 3.63) is 54.2 Å². The van der Waals surface area contributed by atoms with Gasteiger partial charge < -0.3 is 19.5 Å². The van der Waals surface area contributed by atoms with Crippen LogP contribution in [0.15, 0.2) is 47.1 Å². The maximum Gasteiger partial charge on any atom is 0.217 e. The Bertz CT molecular complexity index is 667. The Morgan fingerprint density at radius 3 is 2.67 bits per heavy atom. The molecule has 1 aromatic heterocycles. The number of nitrogens with zero attached hydrogens (tertiary/aromatic N) is 1. The first-order valence-electron chi connectivity index (χ1n) is 8.27. The predicted molar refractivity (Wildman–Crippen MR) is 89.4 cm³/mol. The highest BCUT2D eigenvalue weighted by Crippen LogP contribution is 2.19. The SMILES string of the molecule is CC(=O)NC[C@H](c1ccco1)[NH+]1CCN(c2ccccc2F)CC1. The highest BCUT2D eigenvalue weighted by molar-refractivity contribution is 5.72. The van der Waals surface area contributed by atoms with E-state index in [1.807, 2.05) is 24.3 Å². The number of benzene rings is 1. The van der Waals surface area contributed by atoms with Crippen LogP contribution in [-0.4, -0.2) is 38.6 Å². The van der Waals surface area contributed by atoms with Crippen molar-refractivity contribution in [1.82, 2.24) is 5.32 Å². The van der Waals surface area contributed by atoms with Crippen LogP contribution < -0.4 is 15.1 Å². The molecule has 0 unspecified atom stereocenters. The van der Waals surface area contributed by atoms with E-state index in [0.717, 1.165) is 31.9 Å². The quantitative estimate of drug-likeness (QED) is 0.859. The lowest BCUT2D eigenvalue weighted by atomic mass is 10.1. The molecule has 1 aromatic carbocycles. The summed E-state index contributed by atoms with van der Waals surface area (Å²) in [5, 5.41) is 2.89. The molecule has 5 nitrogen and oxygen atoms in total. The van der Waals surface area contributed by atoms with Gasteiger partial charge in [0.1, 0.15) is 5.82 Å². The van der Waals surface area contributed by atoms with Crippen LogP contribution in [0.1, 0.15) is 18.7 Å². The van der Waals surface area contributed by atoms with Crippen molar-refractivity contribution in [3.63, 3.8) is 0 Å². The first-order chi connectivity index (χ1) is 11.6. The fourth-order valence-corrected chi connectivity index (χ4v) is 3.27. The molecule has 0 aliphatic carbocycles. The Morgan fingerprint density at radius 1 is 1.29 bits per heavy atom. The standard InChI is InChI=1S/C18H22FN3O2/c1-14(23)20-13-17(18-7-4-12-24-18)22-10-8-21(9-11-22)16-6-3-2-5-15(16)19/h2-7,12,17H,8-11,13H2,1H3,(H,20,23)/p+1/t17-/m1/s1. The summed E-state index contributed by atoms with van der Waals surface area (Å²) < 4.78 is 19.5. The Balaban J connectivity index is 1.67. The molecule has 0 spiro atoms. The molecule has 128 valence electrons. The van der Waals surface area contributed by atoms with Gasteiger partial charge in [-0.15, -0.1) is 0 Å². The number of halogens is 1. The van der Waals surface area contributed by atoms with Crippen molar-refractivity contribution < 1.29 is 18.5 Å². The molecule has 1 aliphatic heterocycles. The molecule has 0 bridgehead atoms. The van der Waals surface area contributed by atoms with E-state index in [1.54, 1.807) is 12.3 Å². The van der Waals surface area contributed by atoms with Gasteiger partial charge in [0.15, 0.2) is 11.8 Å². The van der Waals surface area contributed by atoms with E-state index < -0.39 is 0 Å². The molecule has 1 amide bonds. The molecule has 0 saturated carbocycles. The minimum atomic E-state index is -0.179. The van der Waals surface area contributed by atoms with Crippen molar-refractivity contribution in [3.8, 4) is 0 Å². The summed E-state index contributed by atoms with van der Waals surface area (Å²) in [6, 6.07) is 10.8. The lowest BCUT2D eigenvalue weighted by Crippen LogP contribution is -3.15. The fraction of sp³-hybridized carbons (Fsp3) is 0.389. The van der Waals surface area contributed by atoms with Crippen LogP contribution in [-0.2, 0) is 4.79 Å². The number of para-hydroxylation sites is 1. The zero-order valence-electron chi connectivity index (χ0n) is 13.8. The first-order valence-corrected chi connectivity index (χ1v) is 8.27. The normalized spacial score (nSPS) is 16.8. The summed E-state index contributed by atoms with van der Waals surface area (Å²) in [4.78, 5) is 14.7. The number of quaternary nitrogens is 1. The molecule has 1 fully saturated rings. The van der Waals surface area contributed by atoms with Crippen LogP contribution in [0, 0.1) is 5.82 Å². The van der Waals surface area contributed by atoms with Crippen LogP contribution >= 0.6 is 0 Å². The van der Waals surface area contributed by atoms with E-state index >= 15 is 0 Å². The number of anilines is 1. The van der Waals surface area contributed by atoms with Crippen LogP contribution in [0.2, 0.25) is 0 Å². The number of nitrogens with one attached hydrogen (secondary N) is 2. The summed E-state index contributed by atoms with van der Waals surface area (Å²) in [5.41, 5.74) is 0.660. The molecule has 6 heteroatoms. The zero-order chi connectivity index (χ0) is 16.9. The number of rotatable bonds is 5. The number of hydrogen-bond donors (Lipinski definition) is 2. The van der Waals surface area contributed by atoms with Gasteiger partial charge >= 0.3 is 0 Å². The van der Waals surface area contributed by atoms with Crippen LogP contribution in [0.3, 0.4) is 0 Å². The third-order valence-electron chi connectivity index (χ3n) is 4.53. The van der Waals surface area contributed by atoms with Gasteiger partial charge in [0.2, 0.25) is 5.91 Å². The summed E-state index contributed by atoms with van der Waals surface area (Å²) in [7, 11) is 0. The van der Waals surface area contributed by atoms with Gasteiger partial charge in [-0.05, 0) is 24.3 Å². The largest absolute Gasteiger partial charge is 0.463 e. The summed E-state index contributed by atoms with van der Waals surface area (Å²) in [6.45, 7) is 5.32. The number of furan rings is 1. The van der Waals surface area contributed by atoms with Gasteiger partial charge in [-0.1, -0.05) is 12.1 Å². The highest BCUT2D eigenvalue weighted by Gasteiger charge is 2.31. The minimum Gasteiger partial charge on any atom is -0.463 e. The second-order valence-corrected chi connectivity index (χ2v) is 6.10. The van der Waals surface area contributed by atoms with E-state index in [0.29, 0.717) is 12.2 Å². The third-order valence-corrected chi connectivity index (χ3v) is 4.53. The topological polar surface area (TPSA) is 49.9 Å². The molecular weight excluding hydrogens is 309 g/mol. The molecular formula is C18H23FN3O2+. The van der Waals surface area contributed by atoms with Gasteiger partial charge in [0.25, 0.3) is 0 Å². The predicted octanol–water partition coefficient (Wildman–Crippen LogP) is 1.00. The van der Waals surface area contributed by atoms with Crippen molar-refractivity contribution in [2.24, 2.45) is 0 Å². The Labute approximate surface area is 141 Å². The second-order valence-electron chi connectivity index (χ2n) is 6.10. The van der Waals surface area contributed by atoms with E-state index in [-0.39, 0.29) is 17.8 Å². The molecule has 24 heavy (non-hydrogen) atoms. The first kappa shape index (κ1) is 16.5. The maximum atomic E-state index is 14.0. The van der Waals surface area contributed by atoms with Crippen LogP contribution in [0.4, 0.5) is 10.1 Å². The van der Waals surface area contributed by atoms with E-state index in [4.69, 9.17) is 4.42 Å². The summed E-state index contributed by atoms with van der Waals surface area (Å²) in [5.74, 6) is 0.649. The van der Waals surface area contributed by atoms with Gasteiger partial charge in [-0.25, -0.2) is 4.39 Å². The maximum absolute atomic E-state index is 14.0. The number of carbonyl (C=O) groups excluding carboxylic acids is 1. The van der Waals surface area contributed by atoms with Crippen molar-refractivity contribution >= 4 is 11.6 Å². The fourth-order valence-electron chi connectivity index (χ4n) is 3.27. The Kier molecular flexibility index (Phi) is 5.15. The molecule has 1 saturated heterocycles. The van der Waals surface area contributed by atoms with Crippen LogP contribution in [0.25, 0.3) is 0 Å². The van der Waals surface area contributed by atoms with Gasteiger partial charge in [0, 0.05) is 6.92 Å². The molecule has 1 atom stereocenters. The third kappa shape index (κ3) is 3.76.